The number of thiocarbonyl (C=S) groups is 1. The number of halogens is 1. The number of nitrogens with one attached hydrogen (secondary N) is 2. The molecule has 0 spiro atoms. The minimum absolute atomic E-state index is 0.129. The summed E-state index contributed by atoms with van der Waals surface area (Å²) in [6.45, 7) is 0. The zero-order valence-corrected chi connectivity index (χ0v) is 13.4. The molecule has 0 fully saturated rings. The molecule has 0 aromatic heterocycles. The fraction of sp³-hybridized carbons (Fsp3) is 0.286. The van der Waals surface area contributed by atoms with Gasteiger partial charge in [0.25, 0.3) is 11.8 Å². The third kappa shape index (κ3) is 3.42. The van der Waals surface area contributed by atoms with E-state index in [9.17, 15) is 14.4 Å². The summed E-state index contributed by atoms with van der Waals surface area (Å²) in [6, 6.07) is 4.72. The fourth-order valence-electron chi connectivity index (χ4n) is 2.02. The number of rotatable bonds is 4. The summed E-state index contributed by atoms with van der Waals surface area (Å²) in [5.41, 5.74) is 1.20. The van der Waals surface area contributed by atoms with E-state index < -0.39 is 0 Å². The average Bonchev–Trinajstić information content (AvgIpc) is 2.69. The van der Waals surface area contributed by atoms with Crippen molar-refractivity contribution in [3.8, 4) is 0 Å². The highest BCUT2D eigenvalue weighted by Gasteiger charge is 2.32. The Morgan fingerprint density at radius 2 is 1.95 bits per heavy atom. The molecule has 1 heterocycles. The molecule has 0 aliphatic carbocycles. The monoisotopic (exact) mass is 339 g/mol. The lowest BCUT2D eigenvalue weighted by Gasteiger charge is -2.09. The molecule has 0 unspecified atom stereocenters. The second-order valence-corrected chi connectivity index (χ2v) is 5.51. The van der Waals surface area contributed by atoms with Gasteiger partial charge in [0, 0.05) is 25.0 Å². The molecule has 116 valence electrons. The summed E-state index contributed by atoms with van der Waals surface area (Å²) in [4.78, 5) is 36.3. The number of carbonyl (C=O) groups is 3. The number of imide groups is 1. The number of carbonyl (C=O) groups excluding carboxylic acids is 3. The third-order valence-electron chi connectivity index (χ3n) is 3.14. The molecule has 0 saturated heterocycles. The molecule has 1 aromatic carbocycles. The van der Waals surface area contributed by atoms with Crippen LogP contribution in [0.3, 0.4) is 0 Å². The maximum Gasteiger partial charge on any atom is 0.261 e. The van der Waals surface area contributed by atoms with E-state index in [-0.39, 0.29) is 29.3 Å². The van der Waals surface area contributed by atoms with Crippen LogP contribution in [0.15, 0.2) is 18.2 Å². The van der Waals surface area contributed by atoms with Crippen molar-refractivity contribution in [2.45, 2.75) is 12.8 Å². The van der Waals surface area contributed by atoms with Crippen molar-refractivity contribution in [2.75, 3.05) is 18.2 Å². The lowest BCUT2D eigenvalue weighted by atomic mass is 10.1. The van der Waals surface area contributed by atoms with Crippen LogP contribution in [0.2, 0.25) is 0 Å². The van der Waals surface area contributed by atoms with Gasteiger partial charge in [-0.2, -0.15) is 0 Å². The van der Waals surface area contributed by atoms with Crippen LogP contribution < -0.4 is 10.6 Å². The maximum absolute atomic E-state index is 11.9. The van der Waals surface area contributed by atoms with Crippen molar-refractivity contribution in [1.29, 1.82) is 0 Å². The molecule has 1 aliphatic heterocycles. The Balaban J connectivity index is 2.03. The topological polar surface area (TPSA) is 78.5 Å². The standard InChI is InChI=1S/C14H14ClN3O3S/c1-18-12(20)9-5-4-8(7-10(9)13(18)21)16-14(22)17-11(19)3-2-6-15/h4-5,7H,2-3,6H2,1H3,(H2,16,17,19,22). The molecule has 0 atom stereocenters. The van der Waals surface area contributed by atoms with E-state index in [2.05, 4.69) is 10.6 Å². The SMILES string of the molecule is CN1C(=O)c2ccc(NC(=S)NC(=O)CCCCl)cc2C1=O. The molecule has 0 radical (unpaired) electrons. The van der Waals surface area contributed by atoms with E-state index in [1.807, 2.05) is 0 Å². The van der Waals surface area contributed by atoms with Crippen LogP contribution in [-0.2, 0) is 4.79 Å². The molecule has 3 amide bonds. The maximum atomic E-state index is 11.9. The minimum atomic E-state index is -0.360. The summed E-state index contributed by atoms with van der Waals surface area (Å²) in [6.07, 6.45) is 0.852. The second-order valence-electron chi connectivity index (χ2n) is 4.72. The van der Waals surface area contributed by atoms with Crippen molar-refractivity contribution in [3.05, 3.63) is 29.3 Å². The number of anilines is 1. The van der Waals surface area contributed by atoms with Crippen LogP contribution in [-0.4, -0.2) is 40.7 Å². The number of hydrogen-bond acceptors (Lipinski definition) is 4. The van der Waals surface area contributed by atoms with Crippen LogP contribution in [0.4, 0.5) is 5.69 Å². The largest absolute Gasteiger partial charge is 0.332 e. The molecule has 22 heavy (non-hydrogen) atoms. The summed E-state index contributed by atoms with van der Waals surface area (Å²) in [7, 11) is 1.43. The fourth-order valence-corrected chi connectivity index (χ4v) is 2.38. The van der Waals surface area contributed by atoms with Crippen molar-refractivity contribution in [3.63, 3.8) is 0 Å². The highest BCUT2D eigenvalue weighted by molar-refractivity contribution is 7.80. The first kappa shape index (κ1) is 16.4. The molecular weight excluding hydrogens is 326 g/mol. The predicted molar refractivity (Wildman–Crippen MR) is 87.2 cm³/mol. The molecular formula is C14H14ClN3O3S. The quantitative estimate of drug-likeness (QED) is 0.496. The van der Waals surface area contributed by atoms with Crippen molar-refractivity contribution in [2.24, 2.45) is 0 Å². The number of amides is 3. The Hall–Kier alpha value is -1.99. The Labute approximate surface area is 137 Å². The van der Waals surface area contributed by atoms with E-state index in [1.165, 1.54) is 13.1 Å². The molecule has 8 heteroatoms. The summed E-state index contributed by atoms with van der Waals surface area (Å²) in [5.74, 6) is -0.517. The van der Waals surface area contributed by atoms with Gasteiger partial charge in [-0.05, 0) is 36.8 Å². The lowest BCUT2D eigenvalue weighted by Crippen LogP contribution is -2.34. The Morgan fingerprint density at radius 3 is 2.64 bits per heavy atom. The summed E-state index contributed by atoms with van der Waals surface area (Å²) >= 11 is 10.5. The molecule has 1 aliphatic rings. The van der Waals surface area contributed by atoms with E-state index in [0.29, 0.717) is 29.1 Å². The van der Waals surface area contributed by atoms with E-state index in [4.69, 9.17) is 23.8 Å². The summed E-state index contributed by atoms with van der Waals surface area (Å²) < 4.78 is 0. The van der Waals surface area contributed by atoms with Crippen molar-refractivity contribution < 1.29 is 14.4 Å². The first-order valence-electron chi connectivity index (χ1n) is 6.57. The number of nitrogens with zero attached hydrogens (tertiary/aromatic N) is 1. The molecule has 0 saturated carbocycles. The zero-order chi connectivity index (χ0) is 16.3. The number of hydrogen-bond donors (Lipinski definition) is 2. The van der Waals surface area contributed by atoms with E-state index in [0.717, 1.165) is 4.90 Å². The van der Waals surface area contributed by atoms with Crippen LogP contribution in [0.1, 0.15) is 33.6 Å². The van der Waals surface area contributed by atoms with Crippen LogP contribution in [0.5, 0.6) is 0 Å². The smallest absolute Gasteiger partial charge is 0.261 e. The van der Waals surface area contributed by atoms with Gasteiger partial charge in [-0.15, -0.1) is 11.6 Å². The molecule has 2 N–H and O–H groups in total. The van der Waals surface area contributed by atoms with Gasteiger partial charge in [0.15, 0.2) is 5.11 Å². The van der Waals surface area contributed by atoms with Gasteiger partial charge in [0.1, 0.15) is 0 Å². The lowest BCUT2D eigenvalue weighted by molar-refractivity contribution is -0.119. The van der Waals surface area contributed by atoms with Crippen LogP contribution in [0, 0.1) is 0 Å². The summed E-state index contributed by atoms with van der Waals surface area (Å²) in [5, 5.41) is 5.46. The van der Waals surface area contributed by atoms with Gasteiger partial charge in [-0.1, -0.05) is 0 Å². The zero-order valence-electron chi connectivity index (χ0n) is 11.8. The van der Waals surface area contributed by atoms with Gasteiger partial charge in [-0.25, -0.2) is 0 Å². The minimum Gasteiger partial charge on any atom is -0.332 e. The Kier molecular flexibility index (Phi) is 5.10. The molecule has 2 rings (SSSR count). The van der Waals surface area contributed by atoms with Gasteiger partial charge in [0.2, 0.25) is 5.91 Å². The van der Waals surface area contributed by atoms with Crippen LogP contribution in [0.25, 0.3) is 0 Å². The van der Waals surface area contributed by atoms with E-state index in [1.54, 1.807) is 12.1 Å². The molecule has 1 aromatic rings. The first-order valence-corrected chi connectivity index (χ1v) is 7.51. The molecule has 0 bridgehead atoms. The van der Waals surface area contributed by atoms with Gasteiger partial charge in [-0.3, -0.25) is 19.3 Å². The van der Waals surface area contributed by atoms with Gasteiger partial charge < -0.3 is 10.6 Å². The highest BCUT2D eigenvalue weighted by atomic mass is 35.5. The van der Waals surface area contributed by atoms with Gasteiger partial charge in [0.05, 0.1) is 11.1 Å². The molecule has 6 nitrogen and oxygen atoms in total. The van der Waals surface area contributed by atoms with Crippen LogP contribution >= 0.6 is 23.8 Å². The Bertz CT molecular complexity index is 663. The predicted octanol–water partition coefficient (Wildman–Crippen LogP) is 1.74. The highest BCUT2D eigenvalue weighted by Crippen LogP contribution is 2.24. The van der Waals surface area contributed by atoms with E-state index >= 15 is 0 Å². The van der Waals surface area contributed by atoms with Gasteiger partial charge >= 0.3 is 0 Å². The third-order valence-corrected chi connectivity index (χ3v) is 3.61. The Morgan fingerprint density at radius 1 is 1.27 bits per heavy atom. The normalized spacial score (nSPS) is 13.1. The number of fused-ring (bicyclic) bond motifs is 1. The first-order chi connectivity index (χ1) is 10.4. The number of benzene rings is 1. The van der Waals surface area contributed by atoms with Crippen molar-refractivity contribution >= 4 is 52.3 Å². The number of alkyl halides is 1. The average molecular weight is 340 g/mol. The second kappa shape index (κ2) is 6.85. The van der Waals surface area contributed by atoms with Crippen molar-refractivity contribution in [1.82, 2.24) is 10.2 Å².